The highest BCUT2D eigenvalue weighted by molar-refractivity contribution is 5.93. The van der Waals surface area contributed by atoms with E-state index >= 15 is 0 Å². The second-order valence-electron chi connectivity index (χ2n) is 8.19. The molecule has 2 aliphatic heterocycles. The van der Waals surface area contributed by atoms with Crippen molar-refractivity contribution < 1.29 is 4.79 Å². The summed E-state index contributed by atoms with van der Waals surface area (Å²) in [7, 11) is 1.91. The molecule has 0 aromatic carbocycles. The summed E-state index contributed by atoms with van der Waals surface area (Å²) in [6.07, 6.45) is 12.3. The topological polar surface area (TPSA) is 67.8 Å². The number of H-pyrrole nitrogens is 1. The number of piperazine rings is 1. The third-order valence-corrected chi connectivity index (χ3v) is 6.38. The van der Waals surface area contributed by atoms with E-state index in [4.69, 9.17) is 0 Å². The number of amidine groups is 1. The fourth-order valence-corrected chi connectivity index (χ4v) is 4.61. The molecule has 4 rings (SSSR count). The first kappa shape index (κ1) is 19.9. The van der Waals surface area contributed by atoms with E-state index in [-0.39, 0.29) is 5.91 Å². The Balaban J connectivity index is 1.28. The molecular weight excluding hydrogens is 364 g/mol. The van der Waals surface area contributed by atoms with Crippen molar-refractivity contribution in [3.05, 3.63) is 42.0 Å². The molecule has 0 saturated carbocycles. The van der Waals surface area contributed by atoms with Crippen LogP contribution in [0, 0.1) is 11.8 Å². The van der Waals surface area contributed by atoms with E-state index in [1.54, 1.807) is 6.33 Å². The van der Waals surface area contributed by atoms with E-state index in [1.807, 2.05) is 11.9 Å². The smallest absolute Gasteiger partial charge is 0.274 e. The van der Waals surface area contributed by atoms with Gasteiger partial charge in [-0.15, -0.1) is 0 Å². The van der Waals surface area contributed by atoms with Crippen LogP contribution in [-0.2, 0) is 6.42 Å². The lowest BCUT2D eigenvalue weighted by molar-refractivity contribution is 0.0722. The zero-order valence-corrected chi connectivity index (χ0v) is 17.5. The Kier molecular flexibility index (Phi) is 6.13. The van der Waals surface area contributed by atoms with Crippen molar-refractivity contribution in [2.45, 2.75) is 19.8 Å². The number of aromatic nitrogens is 2. The zero-order valence-electron chi connectivity index (χ0n) is 17.5. The number of aliphatic imine (C=N–C) groups is 1. The summed E-state index contributed by atoms with van der Waals surface area (Å²) >= 11 is 0. The van der Waals surface area contributed by atoms with Gasteiger partial charge in [0.05, 0.1) is 6.33 Å². The highest BCUT2D eigenvalue weighted by atomic mass is 16.2. The van der Waals surface area contributed by atoms with Crippen LogP contribution in [0.4, 0.5) is 0 Å². The molecule has 0 spiro atoms. The Morgan fingerprint density at radius 2 is 1.97 bits per heavy atom. The van der Waals surface area contributed by atoms with Crippen LogP contribution < -0.4 is 0 Å². The van der Waals surface area contributed by atoms with Crippen LogP contribution in [0.1, 0.15) is 29.5 Å². The lowest BCUT2D eigenvalue weighted by Crippen LogP contribution is -2.52. The predicted octanol–water partition coefficient (Wildman–Crippen LogP) is 1.82. The molecule has 1 N–H and O–H groups in total. The first-order valence-corrected chi connectivity index (χ1v) is 10.8. The molecule has 1 saturated heterocycles. The lowest BCUT2D eigenvalue weighted by Gasteiger charge is -2.39. The fraction of sp³-hybridized carbons (Fsp3) is 0.591. The lowest BCUT2D eigenvalue weighted by atomic mass is 9.88. The summed E-state index contributed by atoms with van der Waals surface area (Å²) in [6, 6.07) is 0. The number of imidazole rings is 1. The molecule has 0 radical (unpaired) electrons. The van der Waals surface area contributed by atoms with Crippen LogP contribution in [0.5, 0.6) is 0 Å². The SMILES string of the molecule is CN=C(C1C=CC=CC1C)N1CCN(CCN2CCCc3[nH]cnc3C2=O)CC1. The Morgan fingerprint density at radius 3 is 2.72 bits per heavy atom. The summed E-state index contributed by atoms with van der Waals surface area (Å²) in [6.45, 7) is 8.76. The average Bonchev–Trinajstić information content (AvgIpc) is 3.16. The first-order chi connectivity index (χ1) is 14.2. The van der Waals surface area contributed by atoms with Crippen LogP contribution in [-0.4, -0.2) is 89.3 Å². The number of nitrogens with one attached hydrogen (secondary N) is 1. The number of hydrogen-bond acceptors (Lipinski definition) is 4. The van der Waals surface area contributed by atoms with Gasteiger partial charge in [-0.3, -0.25) is 14.7 Å². The minimum Gasteiger partial charge on any atom is -0.357 e. The third-order valence-electron chi connectivity index (χ3n) is 6.38. The molecule has 3 heterocycles. The summed E-state index contributed by atoms with van der Waals surface area (Å²) < 4.78 is 0. The van der Waals surface area contributed by atoms with E-state index in [9.17, 15) is 4.79 Å². The second-order valence-corrected chi connectivity index (χ2v) is 8.19. The number of aromatic amines is 1. The van der Waals surface area contributed by atoms with E-state index in [0.717, 1.165) is 64.3 Å². The highest BCUT2D eigenvalue weighted by Gasteiger charge is 2.28. The normalized spacial score (nSPS) is 26.0. The van der Waals surface area contributed by atoms with Crippen molar-refractivity contribution in [2.75, 3.05) is 52.9 Å². The van der Waals surface area contributed by atoms with Crippen molar-refractivity contribution in [1.29, 1.82) is 0 Å². The number of fused-ring (bicyclic) bond motifs is 1. The molecule has 1 fully saturated rings. The van der Waals surface area contributed by atoms with Crippen molar-refractivity contribution >= 4 is 11.7 Å². The monoisotopic (exact) mass is 396 g/mol. The molecular formula is C22H32N6O. The maximum atomic E-state index is 12.7. The van der Waals surface area contributed by atoms with Crippen molar-refractivity contribution in [1.82, 2.24) is 24.7 Å². The Bertz CT molecular complexity index is 802. The molecule has 156 valence electrons. The van der Waals surface area contributed by atoms with E-state index in [2.05, 4.69) is 56.0 Å². The quantitative estimate of drug-likeness (QED) is 0.623. The number of amides is 1. The van der Waals surface area contributed by atoms with Gasteiger partial charge in [0.15, 0.2) is 0 Å². The maximum absolute atomic E-state index is 12.7. The van der Waals surface area contributed by atoms with Crippen LogP contribution >= 0.6 is 0 Å². The van der Waals surface area contributed by atoms with Crippen molar-refractivity contribution in [2.24, 2.45) is 16.8 Å². The number of allylic oxidation sites excluding steroid dienone is 3. The summed E-state index contributed by atoms with van der Waals surface area (Å²) in [5.74, 6) is 2.13. The van der Waals surface area contributed by atoms with E-state index in [0.29, 0.717) is 17.5 Å². The van der Waals surface area contributed by atoms with Gasteiger partial charge < -0.3 is 14.8 Å². The molecule has 2 unspecified atom stereocenters. The summed E-state index contributed by atoms with van der Waals surface area (Å²) in [4.78, 5) is 31.6. The molecule has 1 aliphatic carbocycles. The molecule has 2 atom stereocenters. The fourth-order valence-electron chi connectivity index (χ4n) is 4.61. The van der Waals surface area contributed by atoms with E-state index in [1.165, 1.54) is 5.84 Å². The van der Waals surface area contributed by atoms with E-state index < -0.39 is 0 Å². The first-order valence-electron chi connectivity index (χ1n) is 10.8. The second kappa shape index (κ2) is 8.95. The van der Waals surface area contributed by atoms with Gasteiger partial charge in [-0.05, 0) is 18.8 Å². The predicted molar refractivity (Wildman–Crippen MR) is 115 cm³/mol. The highest BCUT2D eigenvalue weighted by Crippen LogP contribution is 2.23. The minimum atomic E-state index is 0.0731. The van der Waals surface area contributed by atoms with Crippen LogP contribution in [0.15, 0.2) is 35.6 Å². The summed E-state index contributed by atoms with van der Waals surface area (Å²) in [5.41, 5.74) is 1.60. The average molecular weight is 397 g/mol. The Labute approximate surface area is 173 Å². The number of carbonyl (C=O) groups is 1. The molecule has 29 heavy (non-hydrogen) atoms. The van der Waals surface area contributed by atoms with Gasteiger partial charge >= 0.3 is 0 Å². The zero-order chi connectivity index (χ0) is 20.2. The standard InChI is InChI=1S/C22H32N6O/c1-17-6-3-4-7-18(17)21(23-2)27-13-10-26(11-14-27)12-15-28-9-5-8-19-20(22(28)29)25-16-24-19/h3-4,6-7,16-18H,5,8-15H2,1-2H3,(H,24,25). The third kappa shape index (κ3) is 4.29. The molecule has 7 heteroatoms. The molecule has 1 amide bonds. The molecule has 1 aromatic rings. The van der Waals surface area contributed by atoms with Gasteiger partial charge in [0.25, 0.3) is 5.91 Å². The Morgan fingerprint density at radius 1 is 1.17 bits per heavy atom. The van der Waals surface area contributed by atoms with Crippen molar-refractivity contribution in [3.8, 4) is 0 Å². The molecule has 0 bridgehead atoms. The van der Waals surface area contributed by atoms with Gasteiger partial charge in [-0.25, -0.2) is 4.98 Å². The van der Waals surface area contributed by atoms with Gasteiger partial charge in [-0.2, -0.15) is 0 Å². The number of rotatable bonds is 4. The maximum Gasteiger partial charge on any atom is 0.274 e. The number of nitrogens with zero attached hydrogens (tertiary/aromatic N) is 5. The minimum absolute atomic E-state index is 0.0731. The number of carbonyl (C=O) groups excluding carboxylic acids is 1. The number of hydrogen-bond donors (Lipinski definition) is 1. The Hall–Kier alpha value is -2.41. The molecule has 1 aromatic heterocycles. The molecule has 3 aliphatic rings. The van der Waals surface area contributed by atoms with Gasteiger partial charge in [0.1, 0.15) is 11.5 Å². The largest absolute Gasteiger partial charge is 0.357 e. The van der Waals surface area contributed by atoms with Gasteiger partial charge in [0.2, 0.25) is 0 Å². The van der Waals surface area contributed by atoms with Crippen LogP contribution in [0.25, 0.3) is 0 Å². The van der Waals surface area contributed by atoms with Crippen LogP contribution in [0.3, 0.4) is 0 Å². The number of aryl methyl sites for hydroxylation is 1. The van der Waals surface area contributed by atoms with Gasteiger partial charge in [-0.1, -0.05) is 31.2 Å². The molecule has 7 nitrogen and oxygen atoms in total. The van der Waals surface area contributed by atoms with Crippen molar-refractivity contribution in [3.63, 3.8) is 0 Å². The van der Waals surface area contributed by atoms with Gasteiger partial charge in [0, 0.05) is 64.5 Å². The summed E-state index contributed by atoms with van der Waals surface area (Å²) in [5, 5.41) is 0. The van der Waals surface area contributed by atoms with Crippen LogP contribution in [0.2, 0.25) is 0 Å².